The minimum absolute atomic E-state index is 0.0568. The third-order valence-electron chi connectivity index (χ3n) is 3.55. The van der Waals surface area contributed by atoms with Crippen molar-refractivity contribution in [3.8, 4) is 0 Å². The molecular formula is C19H15ClO5. The van der Waals surface area contributed by atoms with E-state index >= 15 is 0 Å². The maximum Gasteiger partial charge on any atom is 0.342 e. The van der Waals surface area contributed by atoms with Gasteiger partial charge in [0, 0.05) is 5.02 Å². The van der Waals surface area contributed by atoms with Crippen molar-refractivity contribution in [3.05, 3.63) is 76.5 Å². The van der Waals surface area contributed by atoms with Gasteiger partial charge in [-0.05, 0) is 29.8 Å². The van der Waals surface area contributed by atoms with Gasteiger partial charge in [-0.1, -0.05) is 41.9 Å². The number of carbonyl (C=O) groups excluding carboxylic acids is 2. The molecule has 6 heteroatoms. The standard InChI is InChI=1S/C19H15ClO5/c20-15-8-6-14(7-9-15)18(21)24-11-10-23-16-12-25-19(22)17(16)13-4-2-1-3-5-13/h1-9H,10-12H2. The van der Waals surface area contributed by atoms with Crippen molar-refractivity contribution < 1.29 is 23.8 Å². The number of carbonyl (C=O) groups is 2. The highest BCUT2D eigenvalue weighted by Crippen LogP contribution is 2.26. The molecule has 128 valence electrons. The van der Waals surface area contributed by atoms with E-state index in [1.165, 1.54) is 0 Å². The van der Waals surface area contributed by atoms with Gasteiger partial charge in [0.15, 0.2) is 0 Å². The van der Waals surface area contributed by atoms with Crippen LogP contribution in [-0.4, -0.2) is 31.8 Å². The molecule has 0 saturated heterocycles. The van der Waals surface area contributed by atoms with Gasteiger partial charge in [-0.15, -0.1) is 0 Å². The first-order valence-electron chi connectivity index (χ1n) is 7.66. The first-order chi connectivity index (χ1) is 12.1. The summed E-state index contributed by atoms with van der Waals surface area (Å²) < 4.78 is 15.8. The van der Waals surface area contributed by atoms with Gasteiger partial charge in [0.1, 0.15) is 31.2 Å². The first-order valence-corrected chi connectivity index (χ1v) is 8.04. The van der Waals surface area contributed by atoms with Gasteiger partial charge in [0.2, 0.25) is 0 Å². The summed E-state index contributed by atoms with van der Waals surface area (Å²) >= 11 is 5.78. The van der Waals surface area contributed by atoms with Crippen LogP contribution in [0, 0.1) is 0 Å². The molecule has 5 nitrogen and oxygen atoms in total. The molecule has 0 saturated carbocycles. The van der Waals surface area contributed by atoms with E-state index in [2.05, 4.69) is 0 Å². The summed E-state index contributed by atoms with van der Waals surface area (Å²) in [5, 5.41) is 0.547. The molecule has 1 aliphatic heterocycles. The Morgan fingerprint density at radius 1 is 1.04 bits per heavy atom. The molecule has 1 aliphatic rings. The van der Waals surface area contributed by atoms with E-state index in [1.807, 2.05) is 30.3 Å². The van der Waals surface area contributed by atoms with E-state index in [4.69, 9.17) is 25.8 Å². The zero-order valence-electron chi connectivity index (χ0n) is 13.2. The van der Waals surface area contributed by atoms with E-state index < -0.39 is 11.9 Å². The minimum Gasteiger partial charge on any atom is -0.490 e. The SMILES string of the molecule is O=C1OCC(OCCOC(=O)c2ccc(Cl)cc2)=C1c1ccccc1. The lowest BCUT2D eigenvalue weighted by Gasteiger charge is -2.08. The Morgan fingerprint density at radius 2 is 1.76 bits per heavy atom. The summed E-state index contributed by atoms with van der Waals surface area (Å²) in [4.78, 5) is 23.8. The second-order valence-electron chi connectivity index (χ2n) is 5.23. The Morgan fingerprint density at radius 3 is 2.48 bits per heavy atom. The van der Waals surface area contributed by atoms with Gasteiger partial charge >= 0.3 is 11.9 Å². The summed E-state index contributed by atoms with van der Waals surface area (Å²) in [6.07, 6.45) is 0. The van der Waals surface area contributed by atoms with Crippen LogP contribution >= 0.6 is 11.6 Å². The summed E-state index contributed by atoms with van der Waals surface area (Å²) in [5.41, 5.74) is 1.55. The molecule has 0 aromatic heterocycles. The molecule has 0 spiro atoms. The molecule has 0 radical (unpaired) electrons. The quantitative estimate of drug-likeness (QED) is 0.584. The Balaban J connectivity index is 1.56. The molecular weight excluding hydrogens is 344 g/mol. The van der Waals surface area contributed by atoms with Gasteiger partial charge in [-0.2, -0.15) is 0 Å². The highest BCUT2D eigenvalue weighted by Gasteiger charge is 2.27. The fourth-order valence-corrected chi connectivity index (χ4v) is 2.48. The van der Waals surface area contributed by atoms with Gasteiger partial charge in [0.25, 0.3) is 0 Å². The number of hydrogen-bond acceptors (Lipinski definition) is 5. The van der Waals surface area contributed by atoms with E-state index in [9.17, 15) is 9.59 Å². The van der Waals surface area contributed by atoms with Gasteiger partial charge < -0.3 is 14.2 Å². The Bertz CT molecular complexity index is 796. The topological polar surface area (TPSA) is 61.8 Å². The summed E-state index contributed by atoms with van der Waals surface area (Å²) in [6.45, 7) is 0.261. The lowest BCUT2D eigenvalue weighted by Crippen LogP contribution is -2.11. The molecule has 2 aromatic rings. The molecule has 0 N–H and O–H groups in total. The van der Waals surface area contributed by atoms with Crippen molar-refractivity contribution >= 4 is 29.1 Å². The molecule has 25 heavy (non-hydrogen) atoms. The van der Waals surface area contributed by atoms with Crippen molar-refractivity contribution in [2.75, 3.05) is 19.8 Å². The van der Waals surface area contributed by atoms with Crippen molar-refractivity contribution in [1.29, 1.82) is 0 Å². The van der Waals surface area contributed by atoms with Gasteiger partial charge in [-0.3, -0.25) is 0 Å². The zero-order valence-corrected chi connectivity index (χ0v) is 14.0. The maximum absolute atomic E-state index is 11.9. The number of ether oxygens (including phenoxy) is 3. The predicted octanol–water partition coefficient (Wildman–Crippen LogP) is 3.48. The van der Waals surface area contributed by atoms with Crippen molar-refractivity contribution in [2.45, 2.75) is 0 Å². The van der Waals surface area contributed by atoms with Crippen LogP contribution in [0.25, 0.3) is 5.57 Å². The number of hydrogen-bond donors (Lipinski definition) is 0. The summed E-state index contributed by atoms with van der Waals surface area (Å²) in [6, 6.07) is 15.6. The third-order valence-corrected chi connectivity index (χ3v) is 3.80. The van der Waals surface area contributed by atoms with E-state index in [0.29, 0.717) is 21.9 Å². The predicted molar refractivity (Wildman–Crippen MR) is 92.0 cm³/mol. The maximum atomic E-state index is 11.9. The van der Waals surface area contributed by atoms with Crippen LogP contribution in [-0.2, 0) is 19.0 Å². The zero-order chi connectivity index (χ0) is 17.6. The molecule has 1 heterocycles. The van der Waals surface area contributed by atoms with E-state index in [0.717, 1.165) is 5.56 Å². The van der Waals surface area contributed by atoms with E-state index in [1.54, 1.807) is 24.3 Å². The van der Waals surface area contributed by atoms with Crippen LogP contribution in [0.5, 0.6) is 0 Å². The molecule has 0 unspecified atom stereocenters. The number of rotatable bonds is 6. The van der Waals surface area contributed by atoms with Crippen LogP contribution in [0.2, 0.25) is 5.02 Å². The van der Waals surface area contributed by atoms with Crippen LogP contribution in [0.15, 0.2) is 60.4 Å². The lowest BCUT2D eigenvalue weighted by molar-refractivity contribution is -0.134. The lowest BCUT2D eigenvalue weighted by atomic mass is 10.1. The second-order valence-corrected chi connectivity index (χ2v) is 5.67. The molecule has 2 aromatic carbocycles. The first kappa shape index (κ1) is 17.0. The van der Waals surface area contributed by atoms with Gasteiger partial charge in [0.05, 0.1) is 5.56 Å². The van der Waals surface area contributed by atoms with E-state index in [-0.39, 0.29) is 19.8 Å². The highest BCUT2D eigenvalue weighted by molar-refractivity contribution is 6.30. The van der Waals surface area contributed by atoms with Crippen molar-refractivity contribution in [2.24, 2.45) is 0 Å². The number of halogens is 1. The van der Waals surface area contributed by atoms with Crippen LogP contribution < -0.4 is 0 Å². The molecule has 0 aliphatic carbocycles. The van der Waals surface area contributed by atoms with Crippen LogP contribution in [0.3, 0.4) is 0 Å². The molecule has 3 rings (SSSR count). The van der Waals surface area contributed by atoms with Crippen LogP contribution in [0.1, 0.15) is 15.9 Å². The van der Waals surface area contributed by atoms with Gasteiger partial charge in [-0.25, -0.2) is 9.59 Å². The fourth-order valence-electron chi connectivity index (χ4n) is 2.36. The second kappa shape index (κ2) is 7.85. The Hall–Kier alpha value is -2.79. The molecule has 0 fully saturated rings. The number of benzene rings is 2. The summed E-state index contributed by atoms with van der Waals surface area (Å²) in [7, 11) is 0. The van der Waals surface area contributed by atoms with Crippen LogP contribution in [0.4, 0.5) is 0 Å². The summed E-state index contributed by atoms with van der Waals surface area (Å²) in [5.74, 6) is -0.436. The molecule has 0 bridgehead atoms. The number of esters is 2. The Labute approximate surface area is 149 Å². The third kappa shape index (κ3) is 4.19. The highest BCUT2D eigenvalue weighted by atomic mass is 35.5. The monoisotopic (exact) mass is 358 g/mol. The Kier molecular flexibility index (Phi) is 5.36. The minimum atomic E-state index is -0.462. The largest absolute Gasteiger partial charge is 0.490 e. The molecule has 0 amide bonds. The normalized spacial score (nSPS) is 13.6. The average Bonchev–Trinajstić information content (AvgIpc) is 3.00. The fraction of sp³-hybridized carbons (Fsp3) is 0.158. The van der Waals surface area contributed by atoms with Crippen molar-refractivity contribution in [1.82, 2.24) is 0 Å². The number of cyclic esters (lactones) is 1. The average molecular weight is 359 g/mol. The van der Waals surface area contributed by atoms with Crippen molar-refractivity contribution in [3.63, 3.8) is 0 Å². The smallest absolute Gasteiger partial charge is 0.342 e. The molecule has 0 atom stereocenters.